The van der Waals surface area contributed by atoms with Crippen LogP contribution in [-0.2, 0) is 4.79 Å². The van der Waals surface area contributed by atoms with E-state index in [2.05, 4.69) is 5.32 Å². The van der Waals surface area contributed by atoms with Gasteiger partial charge in [0.25, 0.3) is 0 Å². The molecule has 3 N–H and O–H groups in total. The Hall–Kier alpha value is -2.27. The predicted molar refractivity (Wildman–Crippen MR) is 80.9 cm³/mol. The highest BCUT2D eigenvalue weighted by molar-refractivity contribution is 5.77. The molecule has 1 amide bonds. The summed E-state index contributed by atoms with van der Waals surface area (Å²) in [5.41, 5.74) is 7.25. The van der Waals surface area contributed by atoms with E-state index in [9.17, 15) is 13.6 Å². The van der Waals surface area contributed by atoms with Gasteiger partial charge in [0.1, 0.15) is 0 Å². The summed E-state index contributed by atoms with van der Waals surface area (Å²) in [5.74, 6) is -2.14. The summed E-state index contributed by atoms with van der Waals surface area (Å²) >= 11 is 0. The maximum Gasteiger partial charge on any atom is 0.222 e. The van der Waals surface area contributed by atoms with Crippen LogP contribution in [0.15, 0.2) is 48.5 Å². The van der Waals surface area contributed by atoms with Crippen LogP contribution in [0, 0.1) is 11.6 Å². The predicted octanol–water partition coefficient (Wildman–Crippen LogP) is 3.23. The molecule has 0 saturated heterocycles. The number of benzene rings is 2. The lowest BCUT2D eigenvalue weighted by Crippen LogP contribution is -2.29. The molecule has 0 aromatic heterocycles. The van der Waals surface area contributed by atoms with E-state index >= 15 is 0 Å². The Balaban J connectivity index is 1.95. The van der Waals surface area contributed by atoms with E-state index in [0.717, 1.165) is 17.7 Å². The van der Waals surface area contributed by atoms with Gasteiger partial charge in [0.15, 0.2) is 11.6 Å². The van der Waals surface area contributed by atoms with Gasteiger partial charge in [-0.3, -0.25) is 4.79 Å². The van der Waals surface area contributed by atoms with Gasteiger partial charge in [-0.25, -0.2) is 8.78 Å². The normalized spacial score (nSPS) is 13.5. The van der Waals surface area contributed by atoms with Crippen molar-refractivity contribution in [1.82, 2.24) is 5.32 Å². The first kappa shape index (κ1) is 16.1. The number of halogens is 2. The lowest BCUT2D eigenvalue weighted by molar-refractivity contribution is -0.122. The molecule has 22 heavy (non-hydrogen) atoms. The third-order valence-electron chi connectivity index (χ3n) is 3.45. The Labute approximate surface area is 128 Å². The van der Waals surface area contributed by atoms with Crippen LogP contribution in [0.3, 0.4) is 0 Å². The van der Waals surface area contributed by atoms with Crippen LogP contribution in [-0.4, -0.2) is 5.91 Å². The molecular weight excluding hydrogens is 286 g/mol. The minimum absolute atomic E-state index is 0.00223. The Kier molecular flexibility index (Phi) is 5.22. The Bertz CT molecular complexity index is 646. The summed E-state index contributed by atoms with van der Waals surface area (Å²) in [6, 6.07) is 12.1. The van der Waals surface area contributed by atoms with Gasteiger partial charge in [0.2, 0.25) is 5.91 Å². The quantitative estimate of drug-likeness (QED) is 0.891. The standard InChI is InChI=1S/C17H18F2N2O/c1-11(12-5-3-2-4-6-12)21-17(22)10-16(20)13-7-8-14(18)15(19)9-13/h2-9,11,16H,10,20H2,1H3,(H,21,22). The zero-order chi connectivity index (χ0) is 16.1. The summed E-state index contributed by atoms with van der Waals surface area (Å²) in [6.45, 7) is 1.87. The average Bonchev–Trinajstić information content (AvgIpc) is 2.50. The number of hydrogen-bond acceptors (Lipinski definition) is 2. The Morgan fingerprint density at radius 2 is 1.77 bits per heavy atom. The van der Waals surface area contributed by atoms with Crippen molar-refractivity contribution in [2.24, 2.45) is 5.73 Å². The fourth-order valence-corrected chi connectivity index (χ4v) is 2.19. The third-order valence-corrected chi connectivity index (χ3v) is 3.45. The summed E-state index contributed by atoms with van der Waals surface area (Å²) in [7, 11) is 0. The SMILES string of the molecule is CC(NC(=O)CC(N)c1ccc(F)c(F)c1)c1ccccc1. The van der Waals surface area contributed by atoms with Crippen LogP contribution >= 0.6 is 0 Å². The zero-order valence-electron chi connectivity index (χ0n) is 12.2. The van der Waals surface area contributed by atoms with E-state index in [0.29, 0.717) is 5.56 Å². The first-order valence-corrected chi connectivity index (χ1v) is 7.02. The summed E-state index contributed by atoms with van der Waals surface area (Å²) in [4.78, 5) is 12.0. The van der Waals surface area contributed by atoms with Gasteiger partial charge in [0, 0.05) is 12.5 Å². The molecule has 0 saturated carbocycles. The minimum Gasteiger partial charge on any atom is -0.350 e. The maximum atomic E-state index is 13.2. The number of nitrogens with one attached hydrogen (secondary N) is 1. The van der Waals surface area contributed by atoms with Crippen molar-refractivity contribution in [2.75, 3.05) is 0 Å². The minimum atomic E-state index is -0.967. The first-order valence-electron chi connectivity index (χ1n) is 7.02. The number of amides is 1. The highest BCUT2D eigenvalue weighted by Crippen LogP contribution is 2.18. The van der Waals surface area contributed by atoms with Crippen molar-refractivity contribution in [3.05, 3.63) is 71.3 Å². The van der Waals surface area contributed by atoms with Crippen molar-refractivity contribution < 1.29 is 13.6 Å². The van der Waals surface area contributed by atoms with Crippen molar-refractivity contribution in [3.63, 3.8) is 0 Å². The van der Waals surface area contributed by atoms with Crippen molar-refractivity contribution in [1.29, 1.82) is 0 Å². The lowest BCUT2D eigenvalue weighted by Gasteiger charge is -2.17. The van der Waals surface area contributed by atoms with E-state index in [1.165, 1.54) is 6.07 Å². The molecule has 0 fully saturated rings. The largest absolute Gasteiger partial charge is 0.350 e. The molecule has 2 unspecified atom stereocenters. The number of rotatable bonds is 5. The Morgan fingerprint density at radius 1 is 1.09 bits per heavy atom. The molecule has 0 bridgehead atoms. The molecule has 2 aromatic rings. The van der Waals surface area contributed by atoms with Gasteiger partial charge in [-0.1, -0.05) is 36.4 Å². The molecule has 0 aliphatic heterocycles. The topological polar surface area (TPSA) is 55.1 Å². The van der Waals surface area contributed by atoms with Gasteiger partial charge in [-0.05, 0) is 30.2 Å². The van der Waals surface area contributed by atoms with E-state index in [-0.39, 0.29) is 18.4 Å². The molecular formula is C17H18F2N2O. The second kappa shape index (κ2) is 7.13. The van der Waals surface area contributed by atoms with E-state index in [4.69, 9.17) is 5.73 Å². The monoisotopic (exact) mass is 304 g/mol. The molecule has 2 aromatic carbocycles. The molecule has 0 aliphatic carbocycles. The number of carbonyl (C=O) groups excluding carboxylic acids is 1. The maximum absolute atomic E-state index is 13.2. The Morgan fingerprint density at radius 3 is 2.41 bits per heavy atom. The highest BCUT2D eigenvalue weighted by atomic mass is 19.2. The fraction of sp³-hybridized carbons (Fsp3) is 0.235. The molecule has 3 nitrogen and oxygen atoms in total. The van der Waals surface area contributed by atoms with Gasteiger partial charge in [-0.15, -0.1) is 0 Å². The van der Waals surface area contributed by atoms with E-state index in [1.54, 1.807) is 0 Å². The lowest BCUT2D eigenvalue weighted by atomic mass is 10.0. The summed E-state index contributed by atoms with van der Waals surface area (Å²) < 4.78 is 26.1. The molecule has 2 rings (SSSR count). The summed E-state index contributed by atoms with van der Waals surface area (Å²) in [6.07, 6.45) is 0.00223. The van der Waals surface area contributed by atoms with Crippen LogP contribution in [0.5, 0.6) is 0 Å². The van der Waals surface area contributed by atoms with Gasteiger partial charge in [0.05, 0.1) is 6.04 Å². The average molecular weight is 304 g/mol. The molecule has 0 spiro atoms. The molecule has 0 heterocycles. The zero-order valence-corrected chi connectivity index (χ0v) is 12.2. The van der Waals surface area contributed by atoms with Crippen molar-refractivity contribution in [3.8, 4) is 0 Å². The highest BCUT2D eigenvalue weighted by Gasteiger charge is 2.15. The number of nitrogens with two attached hydrogens (primary N) is 1. The van der Waals surface area contributed by atoms with Crippen LogP contribution in [0.4, 0.5) is 8.78 Å². The fourth-order valence-electron chi connectivity index (χ4n) is 2.19. The first-order chi connectivity index (χ1) is 10.5. The van der Waals surface area contributed by atoms with E-state index in [1.807, 2.05) is 37.3 Å². The van der Waals surface area contributed by atoms with Crippen molar-refractivity contribution >= 4 is 5.91 Å². The van der Waals surface area contributed by atoms with Gasteiger partial charge < -0.3 is 11.1 Å². The van der Waals surface area contributed by atoms with Crippen LogP contribution in [0.2, 0.25) is 0 Å². The second-order valence-corrected chi connectivity index (χ2v) is 5.18. The number of hydrogen-bond donors (Lipinski definition) is 2. The van der Waals surface area contributed by atoms with E-state index < -0.39 is 17.7 Å². The number of carbonyl (C=O) groups is 1. The van der Waals surface area contributed by atoms with Crippen molar-refractivity contribution in [2.45, 2.75) is 25.4 Å². The van der Waals surface area contributed by atoms with Crippen LogP contribution < -0.4 is 11.1 Å². The molecule has 5 heteroatoms. The smallest absolute Gasteiger partial charge is 0.222 e. The second-order valence-electron chi connectivity index (χ2n) is 5.18. The van der Waals surface area contributed by atoms with Crippen LogP contribution in [0.25, 0.3) is 0 Å². The van der Waals surface area contributed by atoms with Crippen LogP contribution in [0.1, 0.15) is 36.6 Å². The molecule has 2 atom stereocenters. The van der Waals surface area contributed by atoms with Gasteiger partial charge >= 0.3 is 0 Å². The third kappa shape index (κ3) is 4.11. The molecule has 0 aliphatic rings. The molecule has 0 radical (unpaired) electrons. The summed E-state index contributed by atoms with van der Waals surface area (Å²) in [5, 5.41) is 2.84. The molecule has 116 valence electrons. The van der Waals surface area contributed by atoms with Gasteiger partial charge in [-0.2, -0.15) is 0 Å².